The molecule has 154 valence electrons. The number of aromatic nitrogens is 2. The second-order valence-corrected chi connectivity index (χ2v) is 6.51. The third-order valence-corrected chi connectivity index (χ3v) is 4.26. The Kier molecular flexibility index (Phi) is 5.77. The Labute approximate surface area is 170 Å². The van der Waals surface area contributed by atoms with Crippen molar-refractivity contribution in [2.45, 2.75) is 12.8 Å². The first kappa shape index (κ1) is 20.5. The first-order valence-corrected chi connectivity index (χ1v) is 8.76. The Morgan fingerprint density at radius 2 is 1.83 bits per heavy atom. The van der Waals surface area contributed by atoms with Gasteiger partial charge in [-0.25, -0.2) is 19.0 Å². The maximum absolute atomic E-state index is 13.8. The zero-order valence-electron chi connectivity index (χ0n) is 15.8. The number of primary amides is 1. The lowest BCUT2D eigenvalue weighted by Crippen LogP contribution is -2.24. The van der Waals surface area contributed by atoms with Crippen molar-refractivity contribution in [2.24, 2.45) is 5.73 Å². The number of imidazole rings is 1. The van der Waals surface area contributed by atoms with Crippen molar-refractivity contribution in [1.82, 2.24) is 9.97 Å². The number of amides is 3. The van der Waals surface area contributed by atoms with E-state index >= 15 is 0 Å². The van der Waals surface area contributed by atoms with E-state index in [0.717, 1.165) is 5.56 Å². The quantitative estimate of drug-likeness (QED) is 0.423. The van der Waals surface area contributed by atoms with Gasteiger partial charge in [0, 0.05) is 0 Å². The first-order valence-electron chi connectivity index (χ1n) is 8.76. The van der Waals surface area contributed by atoms with Crippen molar-refractivity contribution < 1.29 is 23.9 Å². The van der Waals surface area contributed by atoms with Crippen molar-refractivity contribution in [3.8, 4) is 0 Å². The number of nitrogens with one attached hydrogen (secondary N) is 3. The van der Waals surface area contributed by atoms with Crippen LogP contribution in [0.4, 0.5) is 20.7 Å². The number of carbonyl (C=O) groups excluding carboxylic acids is 2. The van der Waals surface area contributed by atoms with Gasteiger partial charge in [0.1, 0.15) is 23.4 Å². The van der Waals surface area contributed by atoms with Crippen LogP contribution in [0.5, 0.6) is 0 Å². The lowest BCUT2D eigenvalue weighted by Gasteiger charge is -2.12. The van der Waals surface area contributed by atoms with Crippen molar-refractivity contribution in [1.29, 1.82) is 0 Å². The summed E-state index contributed by atoms with van der Waals surface area (Å²) in [5, 5.41) is 13.8. The Hall–Kier alpha value is -4.21. The van der Waals surface area contributed by atoms with Crippen molar-refractivity contribution in [2.75, 3.05) is 10.6 Å². The van der Waals surface area contributed by atoms with Crippen LogP contribution in [0, 0.1) is 12.7 Å². The minimum absolute atomic E-state index is 0.0146. The Bertz CT molecular complexity index is 1110. The zero-order valence-corrected chi connectivity index (χ0v) is 15.8. The highest BCUT2D eigenvalue weighted by Gasteiger charge is 2.24. The molecule has 30 heavy (non-hydrogen) atoms. The first-order chi connectivity index (χ1) is 14.2. The number of aromatic carboxylic acids is 1. The van der Waals surface area contributed by atoms with Gasteiger partial charge in [0.25, 0.3) is 0 Å². The number of anilines is 2. The number of hydrogen-bond donors (Lipinski definition) is 5. The van der Waals surface area contributed by atoms with E-state index in [9.17, 15) is 18.8 Å². The molecule has 9 nitrogen and oxygen atoms in total. The molecule has 1 unspecified atom stereocenters. The zero-order chi connectivity index (χ0) is 21.8. The molecular formula is C20H18FN5O4. The number of halogens is 1. The highest BCUT2D eigenvalue weighted by Crippen LogP contribution is 2.24. The van der Waals surface area contributed by atoms with Crippen LogP contribution in [0.3, 0.4) is 0 Å². The molecule has 0 saturated heterocycles. The summed E-state index contributed by atoms with van der Waals surface area (Å²) in [4.78, 5) is 41.9. The summed E-state index contributed by atoms with van der Waals surface area (Å²) >= 11 is 0. The number of hydrogen-bond acceptors (Lipinski definition) is 4. The van der Waals surface area contributed by atoms with E-state index < -0.39 is 29.6 Å². The van der Waals surface area contributed by atoms with Crippen LogP contribution in [0.1, 0.15) is 33.2 Å². The van der Waals surface area contributed by atoms with Crippen LogP contribution in [-0.2, 0) is 4.79 Å². The molecule has 1 heterocycles. The molecule has 0 radical (unpaired) electrons. The van der Waals surface area contributed by atoms with E-state index in [1.54, 1.807) is 13.0 Å². The average Bonchev–Trinajstić information content (AvgIpc) is 3.12. The second kappa shape index (κ2) is 8.43. The largest absolute Gasteiger partial charge is 0.478 e. The molecule has 2 aromatic carbocycles. The number of aryl methyl sites for hydroxylation is 1. The lowest BCUT2D eigenvalue weighted by molar-refractivity contribution is -0.118. The Morgan fingerprint density at radius 3 is 2.47 bits per heavy atom. The minimum atomic E-state index is -1.10. The fourth-order valence-electron chi connectivity index (χ4n) is 2.83. The van der Waals surface area contributed by atoms with Gasteiger partial charge in [-0.1, -0.05) is 18.2 Å². The molecule has 0 spiro atoms. The predicted octanol–water partition coefficient (Wildman–Crippen LogP) is 2.82. The molecule has 3 rings (SSSR count). The monoisotopic (exact) mass is 411 g/mol. The van der Waals surface area contributed by atoms with Crippen LogP contribution >= 0.6 is 0 Å². The highest BCUT2D eigenvalue weighted by molar-refractivity contribution is 5.99. The maximum Gasteiger partial charge on any atom is 0.335 e. The van der Waals surface area contributed by atoms with E-state index in [1.807, 2.05) is 0 Å². The number of carboxylic acid groups (broad SMARTS) is 1. The molecule has 0 saturated carbocycles. The van der Waals surface area contributed by atoms with Crippen molar-refractivity contribution in [3.05, 3.63) is 77.0 Å². The molecule has 6 N–H and O–H groups in total. The molecule has 10 heteroatoms. The van der Waals surface area contributed by atoms with E-state index in [-0.39, 0.29) is 22.9 Å². The molecule has 1 aromatic heterocycles. The lowest BCUT2D eigenvalue weighted by atomic mass is 9.96. The summed E-state index contributed by atoms with van der Waals surface area (Å²) in [5.74, 6) is -3.07. The van der Waals surface area contributed by atoms with E-state index in [0.29, 0.717) is 5.56 Å². The van der Waals surface area contributed by atoms with E-state index in [2.05, 4.69) is 20.6 Å². The molecule has 0 aliphatic carbocycles. The Morgan fingerprint density at radius 1 is 1.13 bits per heavy atom. The van der Waals surface area contributed by atoms with Gasteiger partial charge in [-0.2, -0.15) is 0 Å². The summed E-state index contributed by atoms with van der Waals surface area (Å²) in [7, 11) is 0. The normalized spacial score (nSPS) is 11.5. The summed E-state index contributed by atoms with van der Waals surface area (Å²) in [6.45, 7) is 1.76. The molecule has 1 atom stereocenters. The van der Waals surface area contributed by atoms with Crippen molar-refractivity contribution in [3.63, 3.8) is 0 Å². The van der Waals surface area contributed by atoms with Gasteiger partial charge in [0.15, 0.2) is 0 Å². The van der Waals surface area contributed by atoms with Crippen LogP contribution in [0.2, 0.25) is 0 Å². The number of rotatable bonds is 6. The molecule has 0 bridgehead atoms. The number of benzene rings is 2. The summed E-state index contributed by atoms with van der Waals surface area (Å²) < 4.78 is 13.8. The number of nitrogens with zero attached hydrogens (tertiary/aromatic N) is 1. The van der Waals surface area contributed by atoms with Gasteiger partial charge in [0.05, 0.1) is 17.4 Å². The molecule has 0 aliphatic rings. The van der Waals surface area contributed by atoms with Gasteiger partial charge < -0.3 is 21.1 Å². The van der Waals surface area contributed by atoms with Crippen LogP contribution in [-0.4, -0.2) is 33.0 Å². The number of carbonyl (C=O) groups is 3. The average molecular weight is 411 g/mol. The SMILES string of the molecule is Cc1ccc(F)c(NC(=O)Nc2cnc(C(C(N)=O)c3ccc(C(=O)O)cc3)[nH]2)c1. The fourth-order valence-corrected chi connectivity index (χ4v) is 2.83. The third kappa shape index (κ3) is 4.61. The number of nitrogens with two attached hydrogens (primary N) is 1. The molecular weight excluding hydrogens is 393 g/mol. The summed E-state index contributed by atoms with van der Waals surface area (Å²) in [6.07, 6.45) is 1.28. The predicted molar refractivity (Wildman–Crippen MR) is 107 cm³/mol. The van der Waals surface area contributed by atoms with Gasteiger partial charge in [0.2, 0.25) is 5.91 Å². The van der Waals surface area contributed by atoms with Gasteiger partial charge in [-0.15, -0.1) is 0 Å². The molecule has 0 fully saturated rings. The van der Waals surface area contributed by atoms with Crippen LogP contribution in [0.15, 0.2) is 48.7 Å². The number of urea groups is 1. The van der Waals surface area contributed by atoms with E-state index in [4.69, 9.17) is 10.8 Å². The van der Waals surface area contributed by atoms with Gasteiger partial charge in [-0.3, -0.25) is 10.1 Å². The third-order valence-electron chi connectivity index (χ3n) is 4.26. The van der Waals surface area contributed by atoms with Crippen LogP contribution < -0.4 is 16.4 Å². The maximum atomic E-state index is 13.8. The molecule has 3 amide bonds. The topological polar surface area (TPSA) is 150 Å². The molecule has 3 aromatic rings. The number of H-pyrrole nitrogens is 1. The van der Waals surface area contributed by atoms with Gasteiger partial charge in [-0.05, 0) is 42.3 Å². The van der Waals surface area contributed by atoms with E-state index in [1.165, 1.54) is 42.6 Å². The summed E-state index contributed by atoms with van der Waals surface area (Å²) in [5.41, 5.74) is 6.76. The summed E-state index contributed by atoms with van der Waals surface area (Å²) in [6, 6.07) is 9.20. The highest BCUT2D eigenvalue weighted by atomic mass is 19.1. The van der Waals surface area contributed by atoms with Crippen molar-refractivity contribution >= 4 is 29.4 Å². The number of carboxylic acids is 1. The molecule has 0 aliphatic heterocycles. The Balaban J connectivity index is 1.76. The number of aromatic amines is 1. The fraction of sp³-hybridized carbons (Fsp3) is 0.100. The standard InChI is InChI=1S/C20H18FN5O4/c1-10-2-7-13(21)14(8-10)24-20(30)26-15-9-23-18(25-15)16(17(22)27)11-3-5-12(6-4-11)19(28)29/h2-9,16H,1H3,(H2,22,27)(H,23,25)(H,28,29)(H2,24,26,30). The minimum Gasteiger partial charge on any atom is -0.478 e. The second-order valence-electron chi connectivity index (χ2n) is 6.51. The van der Waals surface area contributed by atoms with Gasteiger partial charge >= 0.3 is 12.0 Å². The smallest absolute Gasteiger partial charge is 0.335 e. The van der Waals surface area contributed by atoms with Crippen LogP contribution in [0.25, 0.3) is 0 Å².